The highest BCUT2D eigenvalue weighted by Gasteiger charge is 2.34. The van der Waals surface area contributed by atoms with Gasteiger partial charge in [-0.25, -0.2) is 0 Å². The lowest BCUT2D eigenvalue weighted by Gasteiger charge is -2.35. The lowest BCUT2D eigenvalue weighted by molar-refractivity contribution is -0.163. The maximum atomic E-state index is 10.2. The summed E-state index contributed by atoms with van der Waals surface area (Å²) in [6.45, 7) is 1.94. The average Bonchev–Trinajstić information content (AvgIpc) is 2.75. The van der Waals surface area contributed by atoms with Gasteiger partial charge in [-0.2, -0.15) is 0 Å². The van der Waals surface area contributed by atoms with E-state index in [1.807, 2.05) is 0 Å². The third-order valence-electron chi connectivity index (χ3n) is 6.30. The summed E-state index contributed by atoms with van der Waals surface area (Å²) >= 11 is 0. The van der Waals surface area contributed by atoms with Gasteiger partial charge in [-0.3, -0.25) is 0 Å². The van der Waals surface area contributed by atoms with Crippen LogP contribution in [-0.4, -0.2) is 68.8 Å². The van der Waals surface area contributed by atoms with E-state index in [-0.39, 0.29) is 19.4 Å². The Morgan fingerprint density at radius 3 is 1.90 bits per heavy atom. The molecular weight excluding hydrogens is 396 g/mol. The lowest BCUT2D eigenvalue weighted by atomic mass is 9.97. The van der Waals surface area contributed by atoms with Crippen molar-refractivity contribution < 1.29 is 30.3 Å². The van der Waals surface area contributed by atoms with E-state index in [1.165, 1.54) is 64.2 Å². The summed E-state index contributed by atoms with van der Waals surface area (Å²) in [5.74, 6) is 0. The van der Waals surface area contributed by atoms with Gasteiger partial charge in [-0.15, -0.1) is 0 Å². The molecule has 0 saturated carbocycles. The highest BCUT2D eigenvalue weighted by atomic mass is 16.5. The summed E-state index contributed by atoms with van der Waals surface area (Å²) < 4.78 is 5.47. The van der Waals surface area contributed by atoms with Crippen molar-refractivity contribution in [1.29, 1.82) is 0 Å². The van der Waals surface area contributed by atoms with Gasteiger partial charge in [0.1, 0.15) is 12.2 Å². The van der Waals surface area contributed by atoms with Crippen LogP contribution < -0.4 is 0 Å². The molecule has 0 aromatic rings. The number of aliphatic hydroxyl groups is 5. The van der Waals surface area contributed by atoms with E-state index in [2.05, 4.69) is 6.92 Å². The first-order valence-corrected chi connectivity index (χ1v) is 12.6. The first-order valence-electron chi connectivity index (χ1n) is 12.6. The molecule has 31 heavy (non-hydrogen) atoms. The Balaban J connectivity index is 2.04. The van der Waals surface area contributed by atoms with E-state index in [1.54, 1.807) is 12.2 Å². The second-order valence-corrected chi connectivity index (χ2v) is 9.17. The Morgan fingerprint density at radius 2 is 1.35 bits per heavy atom. The lowest BCUT2D eigenvalue weighted by Crippen LogP contribution is -2.47. The molecule has 184 valence electrons. The van der Waals surface area contributed by atoms with Crippen LogP contribution in [0.25, 0.3) is 0 Å². The fraction of sp³-hybridized carbons (Fsp3) is 0.920. The molecule has 0 aliphatic carbocycles. The van der Waals surface area contributed by atoms with Crippen LogP contribution in [0, 0.1) is 0 Å². The molecular formula is C25H48O6. The molecule has 5 N–H and O–H groups in total. The van der Waals surface area contributed by atoms with Crippen molar-refractivity contribution in [2.75, 3.05) is 6.61 Å². The molecule has 0 aromatic carbocycles. The SMILES string of the molecule is CCCCCCCCCCCCCCC(O)C(O)C/C=C/C1OC(CO)C(O)CC1O. The Kier molecular flexibility index (Phi) is 16.6. The molecule has 0 amide bonds. The monoisotopic (exact) mass is 444 g/mol. The van der Waals surface area contributed by atoms with Gasteiger partial charge in [-0.1, -0.05) is 96.1 Å². The largest absolute Gasteiger partial charge is 0.394 e. The topological polar surface area (TPSA) is 110 Å². The predicted octanol–water partition coefficient (Wildman–Crippen LogP) is 3.62. The quantitative estimate of drug-likeness (QED) is 0.163. The number of hydrogen-bond acceptors (Lipinski definition) is 6. The van der Waals surface area contributed by atoms with E-state index in [4.69, 9.17) is 4.74 Å². The summed E-state index contributed by atoms with van der Waals surface area (Å²) in [6, 6.07) is 0. The molecule has 1 aliphatic rings. The minimum Gasteiger partial charge on any atom is -0.394 e. The number of ether oxygens (including phenoxy) is 1. The Labute approximate surface area is 189 Å². The van der Waals surface area contributed by atoms with Gasteiger partial charge in [0.25, 0.3) is 0 Å². The van der Waals surface area contributed by atoms with Gasteiger partial charge in [0.05, 0.1) is 31.0 Å². The Morgan fingerprint density at radius 1 is 0.806 bits per heavy atom. The third kappa shape index (κ3) is 13.0. The van der Waals surface area contributed by atoms with Crippen molar-refractivity contribution in [3.63, 3.8) is 0 Å². The third-order valence-corrected chi connectivity index (χ3v) is 6.30. The van der Waals surface area contributed by atoms with Gasteiger partial charge < -0.3 is 30.3 Å². The van der Waals surface area contributed by atoms with Crippen LogP contribution in [0.3, 0.4) is 0 Å². The molecule has 6 atom stereocenters. The molecule has 6 nitrogen and oxygen atoms in total. The van der Waals surface area contributed by atoms with Gasteiger partial charge >= 0.3 is 0 Å². The number of unbranched alkanes of at least 4 members (excludes halogenated alkanes) is 11. The molecule has 0 bridgehead atoms. The fourth-order valence-corrected chi connectivity index (χ4v) is 4.15. The van der Waals surface area contributed by atoms with Crippen LogP contribution in [0.5, 0.6) is 0 Å². The fourth-order valence-electron chi connectivity index (χ4n) is 4.15. The summed E-state index contributed by atoms with van der Waals surface area (Å²) in [7, 11) is 0. The van der Waals surface area contributed by atoms with Gasteiger partial charge in [0.15, 0.2) is 0 Å². The number of aliphatic hydroxyl groups excluding tert-OH is 5. The van der Waals surface area contributed by atoms with Gasteiger partial charge in [0, 0.05) is 6.42 Å². The molecule has 0 spiro atoms. The van der Waals surface area contributed by atoms with Crippen molar-refractivity contribution in [2.45, 2.75) is 140 Å². The predicted molar refractivity (Wildman–Crippen MR) is 124 cm³/mol. The van der Waals surface area contributed by atoms with Crippen LogP contribution in [0.2, 0.25) is 0 Å². The minimum absolute atomic E-state index is 0.143. The zero-order valence-corrected chi connectivity index (χ0v) is 19.6. The van der Waals surface area contributed by atoms with Gasteiger partial charge in [-0.05, 0) is 12.8 Å². The molecule has 0 aromatic heterocycles. The molecule has 1 heterocycles. The van der Waals surface area contributed by atoms with E-state index in [0.717, 1.165) is 12.8 Å². The first kappa shape index (κ1) is 28.5. The second-order valence-electron chi connectivity index (χ2n) is 9.17. The first-order chi connectivity index (χ1) is 15.0. The zero-order valence-electron chi connectivity index (χ0n) is 19.6. The number of hydrogen-bond donors (Lipinski definition) is 5. The Hall–Kier alpha value is -0.500. The highest BCUT2D eigenvalue weighted by molar-refractivity contribution is 4.99. The summed E-state index contributed by atoms with van der Waals surface area (Å²) in [4.78, 5) is 0. The molecule has 6 heteroatoms. The van der Waals surface area contributed by atoms with Crippen molar-refractivity contribution in [2.24, 2.45) is 0 Å². The van der Waals surface area contributed by atoms with Crippen molar-refractivity contribution >= 4 is 0 Å². The molecule has 0 radical (unpaired) electrons. The summed E-state index contributed by atoms with van der Waals surface area (Å²) in [5.41, 5.74) is 0. The Bertz CT molecular complexity index is 444. The van der Waals surface area contributed by atoms with E-state index in [9.17, 15) is 25.5 Å². The molecule has 1 fully saturated rings. The van der Waals surface area contributed by atoms with Crippen LogP contribution in [0.15, 0.2) is 12.2 Å². The number of rotatable bonds is 18. The van der Waals surface area contributed by atoms with Crippen molar-refractivity contribution in [3.8, 4) is 0 Å². The summed E-state index contributed by atoms with van der Waals surface area (Å²) in [6.07, 6.45) is 14.9. The van der Waals surface area contributed by atoms with Crippen LogP contribution in [0.4, 0.5) is 0 Å². The smallest absolute Gasteiger partial charge is 0.107 e. The highest BCUT2D eigenvalue weighted by Crippen LogP contribution is 2.21. The maximum Gasteiger partial charge on any atom is 0.107 e. The molecule has 1 saturated heterocycles. The molecule has 6 unspecified atom stereocenters. The normalized spacial score (nSPS) is 26.4. The molecule has 1 rings (SSSR count). The standard InChI is InChI=1S/C25H48O6/c1-2-3-4-5-6-7-8-9-10-11-12-13-15-20(27)21(28)16-14-17-24-22(29)18-23(30)25(19-26)31-24/h14,17,20-30H,2-13,15-16,18-19H2,1H3/b17-14+. The second kappa shape index (κ2) is 18.0. The zero-order chi connectivity index (χ0) is 22.9. The van der Waals surface area contributed by atoms with E-state index in [0.29, 0.717) is 6.42 Å². The van der Waals surface area contributed by atoms with Gasteiger partial charge in [0.2, 0.25) is 0 Å². The van der Waals surface area contributed by atoms with Crippen LogP contribution in [-0.2, 0) is 4.74 Å². The van der Waals surface area contributed by atoms with Crippen LogP contribution in [0.1, 0.15) is 103 Å². The van der Waals surface area contributed by atoms with Crippen molar-refractivity contribution in [1.82, 2.24) is 0 Å². The van der Waals surface area contributed by atoms with E-state index < -0.39 is 36.6 Å². The van der Waals surface area contributed by atoms with Crippen molar-refractivity contribution in [3.05, 3.63) is 12.2 Å². The average molecular weight is 445 g/mol. The minimum atomic E-state index is -0.882. The summed E-state index contributed by atoms with van der Waals surface area (Å²) in [5, 5.41) is 49.2. The maximum absolute atomic E-state index is 10.2. The van der Waals surface area contributed by atoms with E-state index >= 15 is 0 Å². The molecule has 1 aliphatic heterocycles. The van der Waals surface area contributed by atoms with Crippen LogP contribution >= 0.6 is 0 Å².